The minimum absolute atomic E-state index is 0.197. The molecule has 0 aliphatic carbocycles. The van der Waals surface area contributed by atoms with Gasteiger partial charge in [0.15, 0.2) is 11.6 Å². The Balaban J connectivity index is 2.13. The third kappa shape index (κ3) is 3.09. The second-order valence-corrected chi connectivity index (χ2v) is 4.47. The zero-order valence-corrected chi connectivity index (χ0v) is 10.7. The summed E-state index contributed by atoms with van der Waals surface area (Å²) in [5.74, 6) is -1.73. The molecule has 19 heavy (non-hydrogen) atoms. The van der Waals surface area contributed by atoms with Gasteiger partial charge in [0.1, 0.15) is 0 Å². The van der Waals surface area contributed by atoms with Crippen molar-refractivity contribution in [1.82, 2.24) is 0 Å². The SMILES string of the molecule is CN(CC(N)c1cccc(F)c1F)c1ccccc1. The van der Waals surface area contributed by atoms with Crippen molar-refractivity contribution in [3.63, 3.8) is 0 Å². The van der Waals surface area contributed by atoms with Gasteiger partial charge in [0.05, 0.1) is 6.04 Å². The predicted octanol–water partition coefficient (Wildman–Crippen LogP) is 3.10. The van der Waals surface area contributed by atoms with Crippen molar-refractivity contribution in [1.29, 1.82) is 0 Å². The molecule has 100 valence electrons. The standard InChI is InChI=1S/C15H16F2N2/c1-19(11-6-3-2-4-7-11)10-14(18)12-8-5-9-13(16)15(12)17/h2-9,14H,10,18H2,1H3. The molecule has 0 aliphatic heterocycles. The van der Waals surface area contributed by atoms with Gasteiger partial charge in [0.2, 0.25) is 0 Å². The summed E-state index contributed by atoms with van der Waals surface area (Å²) in [6.07, 6.45) is 0. The summed E-state index contributed by atoms with van der Waals surface area (Å²) >= 11 is 0. The Kier molecular flexibility index (Phi) is 4.12. The van der Waals surface area contributed by atoms with Crippen LogP contribution in [0.15, 0.2) is 48.5 Å². The Morgan fingerprint density at radius 2 is 1.74 bits per heavy atom. The fraction of sp³-hybridized carbons (Fsp3) is 0.200. The first kappa shape index (κ1) is 13.5. The van der Waals surface area contributed by atoms with E-state index in [9.17, 15) is 8.78 Å². The number of hydrogen-bond donors (Lipinski definition) is 1. The molecule has 0 aromatic heterocycles. The summed E-state index contributed by atoms with van der Waals surface area (Å²) in [6, 6.07) is 13.1. The lowest BCUT2D eigenvalue weighted by Crippen LogP contribution is -2.29. The molecule has 1 unspecified atom stereocenters. The minimum atomic E-state index is -0.865. The smallest absolute Gasteiger partial charge is 0.163 e. The zero-order chi connectivity index (χ0) is 13.8. The molecular weight excluding hydrogens is 246 g/mol. The Bertz CT molecular complexity index is 543. The van der Waals surface area contributed by atoms with Crippen molar-refractivity contribution in [2.75, 3.05) is 18.5 Å². The van der Waals surface area contributed by atoms with E-state index in [-0.39, 0.29) is 5.56 Å². The van der Waals surface area contributed by atoms with Gasteiger partial charge in [-0.15, -0.1) is 0 Å². The molecule has 0 radical (unpaired) electrons. The molecule has 4 heteroatoms. The maximum atomic E-state index is 13.6. The van der Waals surface area contributed by atoms with Crippen LogP contribution in [-0.4, -0.2) is 13.6 Å². The Morgan fingerprint density at radius 1 is 1.05 bits per heavy atom. The van der Waals surface area contributed by atoms with Crippen molar-refractivity contribution < 1.29 is 8.78 Å². The summed E-state index contributed by atoms with van der Waals surface area (Å²) in [5.41, 5.74) is 7.13. The highest BCUT2D eigenvalue weighted by molar-refractivity contribution is 5.45. The highest BCUT2D eigenvalue weighted by Gasteiger charge is 2.16. The minimum Gasteiger partial charge on any atom is -0.373 e. The molecule has 2 aromatic rings. The number of likely N-dealkylation sites (N-methyl/N-ethyl adjacent to an activating group) is 1. The van der Waals surface area contributed by atoms with Gasteiger partial charge in [0.25, 0.3) is 0 Å². The highest BCUT2D eigenvalue weighted by atomic mass is 19.2. The molecular formula is C15H16F2N2. The van der Waals surface area contributed by atoms with E-state index in [4.69, 9.17) is 5.73 Å². The van der Waals surface area contributed by atoms with E-state index < -0.39 is 17.7 Å². The van der Waals surface area contributed by atoms with Crippen molar-refractivity contribution in [3.8, 4) is 0 Å². The Labute approximate surface area is 111 Å². The fourth-order valence-electron chi connectivity index (χ4n) is 1.99. The molecule has 2 aromatic carbocycles. The first-order valence-electron chi connectivity index (χ1n) is 6.05. The van der Waals surface area contributed by atoms with Gasteiger partial charge in [0, 0.05) is 24.8 Å². The molecule has 0 heterocycles. The molecule has 0 spiro atoms. The van der Waals surface area contributed by atoms with Crippen molar-refractivity contribution >= 4 is 5.69 Å². The highest BCUT2D eigenvalue weighted by Crippen LogP contribution is 2.20. The average Bonchev–Trinajstić information content (AvgIpc) is 2.42. The monoisotopic (exact) mass is 262 g/mol. The van der Waals surface area contributed by atoms with Gasteiger partial charge in [-0.25, -0.2) is 8.78 Å². The first-order valence-corrected chi connectivity index (χ1v) is 6.05. The summed E-state index contributed by atoms with van der Waals surface area (Å²) in [5, 5.41) is 0. The van der Waals surface area contributed by atoms with Crippen LogP contribution in [0.3, 0.4) is 0 Å². The van der Waals surface area contributed by atoms with Gasteiger partial charge in [-0.2, -0.15) is 0 Å². The number of nitrogens with two attached hydrogens (primary N) is 1. The van der Waals surface area contributed by atoms with E-state index >= 15 is 0 Å². The van der Waals surface area contributed by atoms with Gasteiger partial charge >= 0.3 is 0 Å². The summed E-state index contributed by atoms with van der Waals surface area (Å²) in [7, 11) is 1.87. The van der Waals surface area contributed by atoms with Gasteiger partial charge in [-0.1, -0.05) is 30.3 Å². The van der Waals surface area contributed by atoms with E-state index in [2.05, 4.69) is 0 Å². The fourth-order valence-corrected chi connectivity index (χ4v) is 1.99. The van der Waals surface area contributed by atoms with Crippen LogP contribution in [0.2, 0.25) is 0 Å². The summed E-state index contributed by atoms with van der Waals surface area (Å²) in [4.78, 5) is 1.91. The van der Waals surface area contributed by atoms with Crippen LogP contribution in [0.4, 0.5) is 14.5 Å². The second-order valence-electron chi connectivity index (χ2n) is 4.47. The van der Waals surface area contributed by atoms with Crippen LogP contribution in [0, 0.1) is 11.6 Å². The van der Waals surface area contributed by atoms with E-state index in [1.807, 2.05) is 42.3 Å². The lowest BCUT2D eigenvalue weighted by molar-refractivity contribution is 0.488. The van der Waals surface area contributed by atoms with E-state index in [0.29, 0.717) is 6.54 Å². The summed E-state index contributed by atoms with van der Waals surface area (Å²) < 4.78 is 26.8. The molecule has 0 aliphatic rings. The molecule has 0 amide bonds. The molecule has 0 fully saturated rings. The van der Waals surface area contributed by atoms with Crippen LogP contribution in [0.5, 0.6) is 0 Å². The molecule has 2 nitrogen and oxygen atoms in total. The maximum Gasteiger partial charge on any atom is 0.163 e. The largest absolute Gasteiger partial charge is 0.373 e. The van der Waals surface area contributed by atoms with Crippen LogP contribution in [0.25, 0.3) is 0 Å². The van der Waals surface area contributed by atoms with Crippen LogP contribution >= 0.6 is 0 Å². The Morgan fingerprint density at radius 3 is 2.42 bits per heavy atom. The van der Waals surface area contributed by atoms with Gasteiger partial charge in [-0.05, 0) is 18.2 Å². The number of anilines is 1. The third-order valence-electron chi connectivity index (χ3n) is 3.05. The van der Waals surface area contributed by atoms with Crippen LogP contribution in [0.1, 0.15) is 11.6 Å². The van der Waals surface area contributed by atoms with E-state index in [1.54, 1.807) is 0 Å². The second kappa shape index (κ2) is 5.80. The Hall–Kier alpha value is -1.94. The van der Waals surface area contributed by atoms with Gasteiger partial charge in [-0.3, -0.25) is 0 Å². The van der Waals surface area contributed by atoms with Crippen LogP contribution in [-0.2, 0) is 0 Å². The number of benzene rings is 2. The number of para-hydroxylation sites is 1. The maximum absolute atomic E-state index is 13.6. The molecule has 2 rings (SSSR count). The molecule has 2 N–H and O–H groups in total. The average molecular weight is 262 g/mol. The van der Waals surface area contributed by atoms with Crippen molar-refractivity contribution in [2.45, 2.75) is 6.04 Å². The lowest BCUT2D eigenvalue weighted by atomic mass is 10.1. The molecule has 0 bridgehead atoms. The van der Waals surface area contributed by atoms with Crippen LogP contribution < -0.4 is 10.6 Å². The van der Waals surface area contributed by atoms with E-state index in [0.717, 1.165) is 11.8 Å². The topological polar surface area (TPSA) is 29.3 Å². The first-order chi connectivity index (χ1) is 9.09. The third-order valence-corrected chi connectivity index (χ3v) is 3.05. The van der Waals surface area contributed by atoms with E-state index in [1.165, 1.54) is 12.1 Å². The normalized spacial score (nSPS) is 12.2. The predicted molar refractivity (Wildman–Crippen MR) is 73.0 cm³/mol. The molecule has 1 atom stereocenters. The molecule has 0 saturated heterocycles. The number of halogens is 2. The molecule has 0 saturated carbocycles. The van der Waals surface area contributed by atoms with Crippen molar-refractivity contribution in [3.05, 3.63) is 65.7 Å². The van der Waals surface area contributed by atoms with Gasteiger partial charge < -0.3 is 10.6 Å². The number of hydrogen-bond acceptors (Lipinski definition) is 2. The number of rotatable bonds is 4. The summed E-state index contributed by atoms with van der Waals surface area (Å²) in [6.45, 7) is 0.407. The van der Waals surface area contributed by atoms with Crippen molar-refractivity contribution in [2.24, 2.45) is 5.73 Å². The number of nitrogens with zero attached hydrogens (tertiary/aromatic N) is 1. The zero-order valence-electron chi connectivity index (χ0n) is 10.7. The lowest BCUT2D eigenvalue weighted by Gasteiger charge is -2.23. The quantitative estimate of drug-likeness (QED) is 0.917.